The number of rotatable bonds is 1. The van der Waals surface area contributed by atoms with Crippen LogP contribution in [0.15, 0.2) is 24.3 Å². The number of nitrogens with zero attached hydrogens (tertiary/aromatic N) is 1. The van der Waals surface area contributed by atoms with Gasteiger partial charge in [-0.1, -0.05) is 18.2 Å². The Morgan fingerprint density at radius 1 is 1.33 bits per heavy atom. The maximum atomic E-state index is 6.37. The van der Waals surface area contributed by atoms with E-state index in [0.717, 1.165) is 47.1 Å². The number of aromatic nitrogens is 1. The molecule has 2 aromatic rings. The summed E-state index contributed by atoms with van der Waals surface area (Å²) in [5.74, 6) is 0. The minimum atomic E-state index is -0.297. The lowest BCUT2D eigenvalue weighted by molar-refractivity contribution is -0.0122. The average Bonchev–Trinajstić information content (AvgIpc) is 2.39. The maximum Gasteiger partial charge on any atom is 0.0937 e. The molecule has 0 saturated carbocycles. The molecule has 1 unspecified atom stereocenters. The van der Waals surface area contributed by atoms with E-state index in [1.54, 1.807) is 7.11 Å². The van der Waals surface area contributed by atoms with Gasteiger partial charge in [0, 0.05) is 29.4 Å². The fourth-order valence-electron chi connectivity index (χ4n) is 2.98. The Kier molecular flexibility index (Phi) is 2.52. The Morgan fingerprint density at radius 3 is 2.89 bits per heavy atom. The number of anilines is 1. The highest BCUT2D eigenvalue weighted by Crippen LogP contribution is 2.42. The minimum Gasteiger partial charge on any atom is -0.398 e. The van der Waals surface area contributed by atoms with Gasteiger partial charge >= 0.3 is 0 Å². The Labute approximate surface area is 107 Å². The third kappa shape index (κ3) is 1.51. The Morgan fingerprint density at radius 2 is 2.11 bits per heavy atom. The van der Waals surface area contributed by atoms with Gasteiger partial charge in [0.2, 0.25) is 0 Å². The van der Waals surface area contributed by atoms with Crippen LogP contribution in [0.4, 0.5) is 5.69 Å². The van der Waals surface area contributed by atoms with Crippen molar-refractivity contribution >= 4 is 16.6 Å². The van der Waals surface area contributed by atoms with Crippen LogP contribution >= 0.6 is 0 Å². The van der Waals surface area contributed by atoms with Gasteiger partial charge in [-0.15, -0.1) is 0 Å². The van der Waals surface area contributed by atoms with Crippen molar-refractivity contribution in [1.29, 1.82) is 0 Å². The minimum absolute atomic E-state index is 0.297. The largest absolute Gasteiger partial charge is 0.398 e. The summed E-state index contributed by atoms with van der Waals surface area (Å²) in [5, 5.41) is 1.03. The summed E-state index contributed by atoms with van der Waals surface area (Å²) in [4.78, 5) is 4.76. The van der Waals surface area contributed by atoms with Crippen LogP contribution in [-0.2, 0) is 16.8 Å². The van der Waals surface area contributed by atoms with Crippen LogP contribution in [-0.4, -0.2) is 12.1 Å². The summed E-state index contributed by atoms with van der Waals surface area (Å²) >= 11 is 0. The van der Waals surface area contributed by atoms with Crippen LogP contribution in [0.2, 0.25) is 0 Å². The van der Waals surface area contributed by atoms with Crippen LogP contribution in [0, 0.1) is 0 Å². The monoisotopic (exact) mass is 242 g/mol. The molecule has 0 bridgehead atoms. The van der Waals surface area contributed by atoms with Crippen LogP contribution in [0.25, 0.3) is 10.9 Å². The van der Waals surface area contributed by atoms with Crippen molar-refractivity contribution in [3.8, 4) is 0 Å². The summed E-state index contributed by atoms with van der Waals surface area (Å²) < 4.78 is 5.71. The number of benzene rings is 1. The van der Waals surface area contributed by atoms with E-state index in [1.807, 2.05) is 24.3 Å². The number of hydrogen-bond donors (Lipinski definition) is 1. The van der Waals surface area contributed by atoms with E-state index in [-0.39, 0.29) is 5.60 Å². The second-order valence-corrected chi connectivity index (χ2v) is 5.15. The van der Waals surface area contributed by atoms with Gasteiger partial charge in [0.05, 0.1) is 11.1 Å². The molecule has 1 aliphatic rings. The van der Waals surface area contributed by atoms with Crippen LogP contribution in [0.3, 0.4) is 0 Å². The molecule has 1 aliphatic carbocycles. The molecule has 0 saturated heterocycles. The van der Waals surface area contributed by atoms with Crippen molar-refractivity contribution in [3.63, 3.8) is 0 Å². The van der Waals surface area contributed by atoms with Gasteiger partial charge in [-0.05, 0) is 32.3 Å². The summed E-state index contributed by atoms with van der Waals surface area (Å²) in [5.41, 5.74) is 10.1. The molecule has 0 spiro atoms. The molecule has 0 aliphatic heterocycles. The summed E-state index contributed by atoms with van der Waals surface area (Å²) in [6, 6.07) is 8.05. The normalized spacial score (nSPS) is 23.0. The molecule has 1 atom stereocenters. The van der Waals surface area contributed by atoms with Gasteiger partial charge in [0.25, 0.3) is 0 Å². The van der Waals surface area contributed by atoms with Crippen molar-refractivity contribution < 1.29 is 4.74 Å². The summed E-state index contributed by atoms with van der Waals surface area (Å²) in [6.07, 6.45) is 3.09. The topological polar surface area (TPSA) is 48.1 Å². The van der Waals surface area contributed by atoms with E-state index < -0.39 is 0 Å². The van der Waals surface area contributed by atoms with Crippen LogP contribution < -0.4 is 5.73 Å². The van der Waals surface area contributed by atoms with Crippen molar-refractivity contribution in [2.24, 2.45) is 0 Å². The Bertz CT molecular complexity index is 609. The molecule has 0 fully saturated rings. The van der Waals surface area contributed by atoms with Gasteiger partial charge in [0.15, 0.2) is 0 Å². The quantitative estimate of drug-likeness (QED) is 0.836. The molecule has 3 rings (SSSR count). The fourth-order valence-corrected chi connectivity index (χ4v) is 2.98. The van der Waals surface area contributed by atoms with Crippen LogP contribution in [0.1, 0.15) is 31.0 Å². The highest BCUT2D eigenvalue weighted by Gasteiger charge is 2.35. The van der Waals surface area contributed by atoms with E-state index >= 15 is 0 Å². The second-order valence-electron chi connectivity index (χ2n) is 5.15. The number of para-hydroxylation sites is 1. The third-order valence-electron chi connectivity index (χ3n) is 4.05. The number of pyridine rings is 1. The first kappa shape index (κ1) is 11.5. The van der Waals surface area contributed by atoms with E-state index in [4.69, 9.17) is 15.5 Å². The lowest BCUT2D eigenvalue weighted by atomic mass is 9.81. The molecule has 0 radical (unpaired) electrons. The number of aryl methyl sites for hydroxylation is 1. The van der Waals surface area contributed by atoms with Crippen LogP contribution in [0.5, 0.6) is 0 Å². The smallest absolute Gasteiger partial charge is 0.0937 e. The van der Waals surface area contributed by atoms with E-state index in [9.17, 15) is 0 Å². The number of nitrogens with two attached hydrogens (primary N) is 1. The molecule has 2 N–H and O–H groups in total. The van der Waals surface area contributed by atoms with Gasteiger partial charge in [-0.3, -0.25) is 4.98 Å². The predicted molar refractivity (Wildman–Crippen MR) is 73.5 cm³/mol. The standard InChI is InChI=1S/C15H18N2O/c1-15(18-2)9-5-8-12-13(15)14(16)10-6-3-4-7-11(10)17-12/h3-4,6-7H,5,8-9H2,1-2H3,(H2,16,17). The van der Waals surface area contributed by atoms with Gasteiger partial charge in [-0.2, -0.15) is 0 Å². The van der Waals surface area contributed by atoms with E-state index in [0.29, 0.717) is 0 Å². The molecule has 94 valence electrons. The second kappa shape index (κ2) is 3.95. The summed E-state index contributed by atoms with van der Waals surface area (Å²) in [7, 11) is 1.75. The van der Waals surface area contributed by atoms with Crippen molar-refractivity contribution in [2.45, 2.75) is 31.8 Å². The number of ether oxygens (including phenoxy) is 1. The van der Waals surface area contributed by atoms with Crippen molar-refractivity contribution in [1.82, 2.24) is 4.98 Å². The number of fused-ring (bicyclic) bond motifs is 2. The van der Waals surface area contributed by atoms with Crippen molar-refractivity contribution in [2.75, 3.05) is 12.8 Å². The molecule has 18 heavy (non-hydrogen) atoms. The molecule has 1 aromatic heterocycles. The zero-order chi connectivity index (χ0) is 12.8. The SMILES string of the molecule is COC1(C)CCCc2nc3ccccc3c(N)c21. The maximum absolute atomic E-state index is 6.37. The zero-order valence-electron chi connectivity index (χ0n) is 10.9. The summed E-state index contributed by atoms with van der Waals surface area (Å²) in [6.45, 7) is 2.11. The van der Waals surface area contributed by atoms with Gasteiger partial charge < -0.3 is 10.5 Å². The van der Waals surface area contributed by atoms with Gasteiger partial charge in [0.1, 0.15) is 0 Å². The number of hydrogen-bond acceptors (Lipinski definition) is 3. The highest BCUT2D eigenvalue weighted by molar-refractivity contribution is 5.92. The first-order valence-corrected chi connectivity index (χ1v) is 6.38. The molecule has 1 aromatic carbocycles. The first-order chi connectivity index (χ1) is 8.65. The van der Waals surface area contributed by atoms with Crippen molar-refractivity contribution in [3.05, 3.63) is 35.5 Å². The van der Waals surface area contributed by atoms with E-state index in [1.165, 1.54) is 0 Å². The molecule has 1 heterocycles. The highest BCUT2D eigenvalue weighted by atomic mass is 16.5. The first-order valence-electron chi connectivity index (χ1n) is 6.38. The number of methoxy groups -OCH3 is 1. The lowest BCUT2D eigenvalue weighted by Crippen LogP contribution is -2.31. The Hall–Kier alpha value is -1.61. The number of nitrogen functional groups attached to an aromatic ring is 1. The average molecular weight is 242 g/mol. The predicted octanol–water partition coefficient (Wildman–Crippen LogP) is 3.01. The molecular formula is C15H18N2O. The molecule has 3 nitrogen and oxygen atoms in total. The molecule has 3 heteroatoms. The Balaban J connectivity index is 2.36. The zero-order valence-corrected chi connectivity index (χ0v) is 10.9. The molecular weight excluding hydrogens is 224 g/mol. The molecule has 0 amide bonds. The van der Waals surface area contributed by atoms with Gasteiger partial charge in [-0.25, -0.2) is 0 Å². The lowest BCUT2D eigenvalue weighted by Gasteiger charge is -2.35. The fraction of sp³-hybridized carbons (Fsp3) is 0.400. The third-order valence-corrected chi connectivity index (χ3v) is 4.05. The van der Waals surface area contributed by atoms with E-state index in [2.05, 4.69) is 6.92 Å².